The monoisotopic (exact) mass is 253 g/mol. The average Bonchev–Trinajstić information content (AvgIpc) is 2.23. The highest BCUT2D eigenvalue weighted by Crippen LogP contribution is 2.24. The summed E-state index contributed by atoms with van der Waals surface area (Å²) in [7, 11) is 0. The molecule has 0 atom stereocenters. The zero-order valence-corrected chi connectivity index (χ0v) is 11.7. The smallest absolute Gasteiger partial charge is 0.125 e. The van der Waals surface area contributed by atoms with E-state index >= 15 is 0 Å². The molecule has 0 saturated heterocycles. The second-order valence-electron chi connectivity index (χ2n) is 4.98. The molecule has 0 spiro atoms. The van der Waals surface area contributed by atoms with Crippen LogP contribution in [0, 0.1) is 0 Å². The number of anilines is 1. The van der Waals surface area contributed by atoms with Gasteiger partial charge in [-0.3, -0.25) is 0 Å². The molecule has 102 valence electrons. The van der Waals surface area contributed by atoms with E-state index in [0.29, 0.717) is 31.3 Å². The fourth-order valence-corrected chi connectivity index (χ4v) is 1.43. The van der Waals surface area contributed by atoms with Gasteiger partial charge in [0, 0.05) is 23.9 Å². The molecule has 0 aliphatic heterocycles. The van der Waals surface area contributed by atoms with Crippen molar-refractivity contribution in [3.63, 3.8) is 0 Å². The molecule has 0 aromatic heterocycles. The van der Waals surface area contributed by atoms with Crippen molar-refractivity contribution in [3.05, 3.63) is 18.2 Å². The maximum absolute atomic E-state index is 5.77. The van der Waals surface area contributed by atoms with Gasteiger partial charge in [0.05, 0.1) is 18.8 Å². The predicted octanol–water partition coefficient (Wildman–Crippen LogP) is 2.86. The van der Waals surface area contributed by atoms with Crippen LogP contribution in [0.5, 0.6) is 11.5 Å². The summed E-state index contributed by atoms with van der Waals surface area (Å²) in [5, 5.41) is 0. The molecule has 0 unspecified atom stereocenters. The van der Waals surface area contributed by atoms with Gasteiger partial charge in [0.25, 0.3) is 0 Å². The van der Waals surface area contributed by atoms with Gasteiger partial charge in [0.2, 0.25) is 0 Å². The SMILES string of the molecule is CCOc1cc(N)cc(OCCOC(C)(C)C)c1. The van der Waals surface area contributed by atoms with Crippen molar-refractivity contribution < 1.29 is 14.2 Å². The van der Waals surface area contributed by atoms with E-state index in [1.807, 2.05) is 33.8 Å². The molecule has 1 aromatic carbocycles. The normalized spacial score (nSPS) is 11.3. The second-order valence-corrected chi connectivity index (χ2v) is 4.98. The third-order valence-electron chi connectivity index (χ3n) is 2.10. The van der Waals surface area contributed by atoms with Gasteiger partial charge in [-0.05, 0) is 27.7 Å². The number of benzene rings is 1. The van der Waals surface area contributed by atoms with E-state index in [1.165, 1.54) is 0 Å². The van der Waals surface area contributed by atoms with Crippen LogP contribution in [0.25, 0.3) is 0 Å². The molecule has 4 heteroatoms. The van der Waals surface area contributed by atoms with E-state index in [2.05, 4.69) is 0 Å². The maximum Gasteiger partial charge on any atom is 0.125 e. The van der Waals surface area contributed by atoms with Gasteiger partial charge < -0.3 is 19.9 Å². The van der Waals surface area contributed by atoms with Crippen LogP contribution >= 0.6 is 0 Å². The van der Waals surface area contributed by atoms with Gasteiger partial charge in [-0.1, -0.05) is 0 Å². The zero-order valence-electron chi connectivity index (χ0n) is 11.7. The first kappa shape index (κ1) is 14.6. The topological polar surface area (TPSA) is 53.7 Å². The lowest BCUT2D eigenvalue weighted by Gasteiger charge is -2.19. The highest BCUT2D eigenvalue weighted by molar-refractivity contribution is 5.50. The first-order chi connectivity index (χ1) is 8.40. The van der Waals surface area contributed by atoms with Crippen LogP contribution in [0.15, 0.2) is 18.2 Å². The van der Waals surface area contributed by atoms with Crippen LogP contribution in [0.2, 0.25) is 0 Å². The van der Waals surface area contributed by atoms with E-state index < -0.39 is 0 Å². The van der Waals surface area contributed by atoms with Crippen molar-refractivity contribution in [1.29, 1.82) is 0 Å². The van der Waals surface area contributed by atoms with Gasteiger partial charge in [-0.15, -0.1) is 0 Å². The molecule has 1 rings (SSSR count). The Morgan fingerprint density at radius 2 is 1.61 bits per heavy atom. The summed E-state index contributed by atoms with van der Waals surface area (Å²) in [6.07, 6.45) is 0. The Labute approximate surface area is 109 Å². The van der Waals surface area contributed by atoms with Crippen LogP contribution in [-0.4, -0.2) is 25.4 Å². The molecule has 0 bridgehead atoms. The fourth-order valence-electron chi connectivity index (χ4n) is 1.43. The molecule has 2 N–H and O–H groups in total. The molecular formula is C14H23NO3. The van der Waals surface area contributed by atoms with Crippen LogP contribution in [0.3, 0.4) is 0 Å². The molecule has 1 aromatic rings. The Morgan fingerprint density at radius 1 is 1.00 bits per heavy atom. The van der Waals surface area contributed by atoms with Gasteiger partial charge in [0.15, 0.2) is 0 Å². The molecule has 18 heavy (non-hydrogen) atoms. The highest BCUT2D eigenvalue weighted by Gasteiger charge is 2.09. The molecule has 4 nitrogen and oxygen atoms in total. The summed E-state index contributed by atoms with van der Waals surface area (Å²) in [5.41, 5.74) is 6.26. The van der Waals surface area contributed by atoms with Crippen molar-refractivity contribution in [1.82, 2.24) is 0 Å². The first-order valence-electron chi connectivity index (χ1n) is 6.21. The van der Waals surface area contributed by atoms with E-state index in [9.17, 15) is 0 Å². The Bertz CT molecular complexity index is 372. The quantitative estimate of drug-likeness (QED) is 0.625. The first-order valence-corrected chi connectivity index (χ1v) is 6.21. The van der Waals surface area contributed by atoms with Crippen LogP contribution in [-0.2, 0) is 4.74 Å². The van der Waals surface area contributed by atoms with Gasteiger partial charge in [-0.2, -0.15) is 0 Å². The molecule has 0 heterocycles. The standard InChI is InChI=1S/C14H23NO3/c1-5-16-12-8-11(15)9-13(10-12)17-6-7-18-14(2,3)4/h8-10H,5-7,15H2,1-4H3. The summed E-state index contributed by atoms with van der Waals surface area (Å²) in [6.45, 7) is 9.62. The van der Waals surface area contributed by atoms with Crippen LogP contribution in [0.1, 0.15) is 27.7 Å². The van der Waals surface area contributed by atoms with E-state index in [1.54, 1.807) is 12.1 Å². The number of hydrogen-bond acceptors (Lipinski definition) is 4. The lowest BCUT2D eigenvalue weighted by atomic mass is 10.2. The van der Waals surface area contributed by atoms with Crippen molar-refractivity contribution in [2.75, 3.05) is 25.6 Å². The minimum atomic E-state index is -0.143. The fraction of sp³-hybridized carbons (Fsp3) is 0.571. The molecular weight excluding hydrogens is 230 g/mol. The lowest BCUT2D eigenvalue weighted by Crippen LogP contribution is -2.22. The number of hydrogen-bond donors (Lipinski definition) is 1. The maximum atomic E-state index is 5.77. The van der Waals surface area contributed by atoms with Gasteiger partial charge >= 0.3 is 0 Å². The number of nitrogens with two attached hydrogens (primary N) is 1. The van der Waals surface area contributed by atoms with Gasteiger partial charge in [0.1, 0.15) is 18.1 Å². The molecule has 0 saturated carbocycles. The number of nitrogen functional groups attached to an aromatic ring is 1. The molecule has 0 aliphatic rings. The largest absolute Gasteiger partial charge is 0.494 e. The van der Waals surface area contributed by atoms with Gasteiger partial charge in [-0.25, -0.2) is 0 Å². The molecule has 0 fully saturated rings. The number of ether oxygens (including phenoxy) is 3. The van der Waals surface area contributed by atoms with E-state index in [4.69, 9.17) is 19.9 Å². The highest BCUT2D eigenvalue weighted by atomic mass is 16.5. The molecule has 0 amide bonds. The minimum Gasteiger partial charge on any atom is -0.494 e. The van der Waals surface area contributed by atoms with Crippen molar-refractivity contribution >= 4 is 5.69 Å². The average molecular weight is 253 g/mol. The minimum absolute atomic E-state index is 0.143. The van der Waals surface area contributed by atoms with Crippen LogP contribution in [0.4, 0.5) is 5.69 Å². The second kappa shape index (κ2) is 6.50. The molecule has 0 radical (unpaired) electrons. The van der Waals surface area contributed by atoms with Crippen molar-refractivity contribution in [2.24, 2.45) is 0 Å². The Morgan fingerprint density at radius 3 is 2.17 bits per heavy atom. The van der Waals surface area contributed by atoms with Crippen molar-refractivity contribution in [2.45, 2.75) is 33.3 Å². The Hall–Kier alpha value is -1.42. The zero-order chi connectivity index (χ0) is 13.6. The van der Waals surface area contributed by atoms with E-state index in [-0.39, 0.29) is 5.60 Å². The number of rotatable bonds is 6. The summed E-state index contributed by atoms with van der Waals surface area (Å²) < 4.78 is 16.6. The Balaban J connectivity index is 2.46. The third-order valence-corrected chi connectivity index (χ3v) is 2.10. The lowest BCUT2D eigenvalue weighted by molar-refractivity contribution is -0.0163. The summed E-state index contributed by atoms with van der Waals surface area (Å²) in [6, 6.07) is 5.39. The summed E-state index contributed by atoms with van der Waals surface area (Å²) in [4.78, 5) is 0. The van der Waals surface area contributed by atoms with Crippen LogP contribution < -0.4 is 15.2 Å². The Kier molecular flexibility index (Phi) is 5.28. The predicted molar refractivity (Wildman–Crippen MR) is 73.2 cm³/mol. The molecule has 0 aliphatic carbocycles. The summed E-state index contributed by atoms with van der Waals surface area (Å²) >= 11 is 0. The van der Waals surface area contributed by atoms with E-state index in [0.717, 1.165) is 5.75 Å². The summed E-state index contributed by atoms with van der Waals surface area (Å²) in [5.74, 6) is 1.43. The third kappa shape index (κ3) is 5.77. The van der Waals surface area contributed by atoms with Crippen molar-refractivity contribution in [3.8, 4) is 11.5 Å².